The molecule has 1 heterocycles. The van der Waals surface area contributed by atoms with Crippen molar-refractivity contribution in [1.82, 2.24) is 4.90 Å². The zero-order valence-electron chi connectivity index (χ0n) is 9.07. The van der Waals surface area contributed by atoms with Crippen LogP contribution in [0.15, 0.2) is 0 Å². The molecule has 1 saturated heterocycles. The molecule has 2 fully saturated rings. The van der Waals surface area contributed by atoms with E-state index in [0.29, 0.717) is 6.04 Å². The number of carbonyl (C=O) groups excluding carboxylic acids is 2. The normalized spacial score (nSPS) is 33.9. The van der Waals surface area contributed by atoms with E-state index in [4.69, 9.17) is 0 Å². The number of morpholine rings is 1. The Bertz CT molecular complexity index is 253. The summed E-state index contributed by atoms with van der Waals surface area (Å²) >= 11 is 0. The molecule has 0 N–H and O–H groups in total. The van der Waals surface area contributed by atoms with Crippen molar-refractivity contribution in [3.8, 4) is 0 Å². The Balaban J connectivity index is 1.92. The van der Waals surface area contributed by atoms with E-state index in [-0.39, 0.29) is 13.1 Å². The van der Waals surface area contributed by atoms with Gasteiger partial charge in [-0.05, 0) is 31.6 Å². The van der Waals surface area contributed by atoms with E-state index in [2.05, 4.69) is 11.7 Å². The lowest BCUT2D eigenvalue weighted by atomic mass is 9.86. The summed E-state index contributed by atoms with van der Waals surface area (Å²) in [5.41, 5.74) is 0. The molecule has 0 amide bonds. The molecular weight excluding hydrogens is 194 g/mol. The molecule has 1 saturated carbocycles. The van der Waals surface area contributed by atoms with Crippen LogP contribution in [0.2, 0.25) is 0 Å². The lowest BCUT2D eigenvalue weighted by Gasteiger charge is -2.36. The van der Waals surface area contributed by atoms with Crippen molar-refractivity contribution in [3.63, 3.8) is 0 Å². The van der Waals surface area contributed by atoms with Crippen molar-refractivity contribution < 1.29 is 14.3 Å². The fourth-order valence-electron chi connectivity index (χ4n) is 2.44. The first kappa shape index (κ1) is 10.6. The van der Waals surface area contributed by atoms with Gasteiger partial charge in [-0.3, -0.25) is 14.5 Å². The zero-order valence-corrected chi connectivity index (χ0v) is 9.07. The Kier molecular flexibility index (Phi) is 3.05. The second-order valence-electron chi connectivity index (χ2n) is 4.66. The second-order valence-corrected chi connectivity index (χ2v) is 4.66. The topological polar surface area (TPSA) is 46.6 Å². The summed E-state index contributed by atoms with van der Waals surface area (Å²) in [6.45, 7) is 2.82. The largest absolute Gasteiger partial charge is 0.391 e. The molecule has 4 heteroatoms. The van der Waals surface area contributed by atoms with Crippen molar-refractivity contribution >= 4 is 11.9 Å². The second kappa shape index (κ2) is 4.31. The summed E-state index contributed by atoms with van der Waals surface area (Å²) in [4.78, 5) is 24.2. The first-order chi connectivity index (χ1) is 7.15. The quantitative estimate of drug-likeness (QED) is 0.478. The van der Waals surface area contributed by atoms with Crippen LogP contribution in [0.3, 0.4) is 0 Å². The van der Waals surface area contributed by atoms with Crippen molar-refractivity contribution in [1.29, 1.82) is 0 Å². The fourth-order valence-corrected chi connectivity index (χ4v) is 2.44. The summed E-state index contributed by atoms with van der Waals surface area (Å²) in [6.07, 6.45) is 4.60. The van der Waals surface area contributed by atoms with Crippen LogP contribution in [0.1, 0.15) is 32.6 Å². The minimum absolute atomic E-state index is 0.283. The molecule has 0 aromatic heterocycles. The molecular formula is C11H17NO3. The first-order valence-corrected chi connectivity index (χ1v) is 5.62. The van der Waals surface area contributed by atoms with E-state index < -0.39 is 11.9 Å². The van der Waals surface area contributed by atoms with Crippen LogP contribution in [-0.2, 0) is 14.3 Å². The highest BCUT2D eigenvalue weighted by Crippen LogP contribution is 2.27. The predicted octanol–water partition coefficient (Wildman–Crippen LogP) is 0.950. The van der Waals surface area contributed by atoms with Gasteiger partial charge in [0.15, 0.2) is 0 Å². The molecule has 0 aromatic carbocycles. The van der Waals surface area contributed by atoms with Crippen LogP contribution in [0, 0.1) is 5.92 Å². The van der Waals surface area contributed by atoms with Crippen molar-refractivity contribution in [2.45, 2.75) is 38.6 Å². The highest BCUT2D eigenvalue weighted by atomic mass is 16.6. The van der Waals surface area contributed by atoms with Gasteiger partial charge in [-0.1, -0.05) is 6.92 Å². The average molecular weight is 211 g/mol. The van der Waals surface area contributed by atoms with E-state index in [9.17, 15) is 9.59 Å². The monoisotopic (exact) mass is 211 g/mol. The predicted molar refractivity (Wildman–Crippen MR) is 54.1 cm³/mol. The zero-order chi connectivity index (χ0) is 10.8. The number of hydrogen-bond donors (Lipinski definition) is 0. The van der Waals surface area contributed by atoms with Crippen LogP contribution in [-0.4, -0.2) is 36.0 Å². The molecule has 4 nitrogen and oxygen atoms in total. The molecule has 0 aromatic rings. The maximum absolute atomic E-state index is 11.1. The number of ether oxygens (including phenoxy) is 1. The van der Waals surface area contributed by atoms with Crippen molar-refractivity contribution in [2.24, 2.45) is 5.92 Å². The van der Waals surface area contributed by atoms with Gasteiger partial charge in [-0.25, -0.2) is 0 Å². The Morgan fingerprint density at radius 1 is 1.07 bits per heavy atom. The average Bonchev–Trinajstić information content (AvgIpc) is 2.17. The highest BCUT2D eigenvalue weighted by molar-refractivity contribution is 5.90. The van der Waals surface area contributed by atoms with Crippen molar-refractivity contribution in [3.05, 3.63) is 0 Å². The molecule has 0 atom stereocenters. The molecule has 2 aliphatic rings. The molecule has 15 heavy (non-hydrogen) atoms. The first-order valence-electron chi connectivity index (χ1n) is 5.62. The van der Waals surface area contributed by atoms with Crippen LogP contribution < -0.4 is 0 Å². The Morgan fingerprint density at radius 3 is 2.13 bits per heavy atom. The number of esters is 2. The number of rotatable bonds is 1. The Hall–Kier alpha value is -0.900. The van der Waals surface area contributed by atoms with Gasteiger partial charge in [0.05, 0.1) is 13.1 Å². The molecule has 0 spiro atoms. The van der Waals surface area contributed by atoms with Gasteiger partial charge in [0, 0.05) is 6.04 Å². The van der Waals surface area contributed by atoms with E-state index in [1.807, 2.05) is 4.90 Å². The fraction of sp³-hybridized carbons (Fsp3) is 0.818. The summed E-state index contributed by atoms with van der Waals surface area (Å²) in [5.74, 6) is -0.0107. The van der Waals surface area contributed by atoms with E-state index in [1.165, 1.54) is 12.8 Å². The third-order valence-electron chi connectivity index (χ3n) is 3.39. The maximum atomic E-state index is 11.1. The molecule has 1 aliphatic carbocycles. The van der Waals surface area contributed by atoms with Gasteiger partial charge in [0.1, 0.15) is 0 Å². The van der Waals surface area contributed by atoms with Gasteiger partial charge in [-0.15, -0.1) is 0 Å². The third kappa shape index (κ3) is 2.56. The van der Waals surface area contributed by atoms with Crippen molar-refractivity contribution in [2.75, 3.05) is 13.1 Å². The Morgan fingerprint density at radius 2 is 1.60 bits per heavy atom. The highest BCUT2D eigenvalue weighted by Gasteiger charge is 2.31. The SMILES string of the molecule is CC1CCC(N2CC(=O)OC(=O)C2)CC1. The molecule has 0 unspecified atom stereocenters. The number of hydrogen-bond acceptors (Lipinski definition) is 4. The Labute approximate surface area is 89.6 Å². The van der Waals surface area contributed by atoms with E-state index >= 15 is 0 Å². The molecule has 2 rings (SSSR count). The van der Waals surface area contributed by atoms with Crippen LogP contribution >= 0.6 is 0 Å². The number of carbonyl (C=O) groups is 2. The van der Waals surface area contributed by atoms with Gasteiger partial charge in [0.25, 0.3) is 0 Å². The lowest BCUT2D eigenvalue weighted by Crippen LogP contribution is -2.49. The summed E-state index contributed by atoms with van der Waals surface area (Å²) in [7, 11) is 0. The van der Waals surface area contributed by atoms with Gasteiger partial charge < -0.3 is 4.74 Å². The standard InChI is InChI=1S/C11H17NO3/c1-8-2-4-9(5-3-8)12-6-10(13)15-11(14)7-12/h8-9H,2-7H2,1H3. The molecule has 0 bridgehead atoms. The van der Waals surface area contributed by atoms with Crippen LogP contribution in [0.25, 0.3) is 0 Å². The van der Waals surface area contributed by atoms with Gasteiger partial charge in [0.2, 0.25) is 0 Å². The summed E-state index contributed by atoms with van der Waals surface area (Å²) in [6, 6.07) is 0.401. The minimum Gasteiger partial charge on any atom is -0.391 e. The third-order valence-corrected chi connectivity index (χ3v) is 3.39. The molecule has 1 aliphatic heterocycles. The van der Waals surface area contributed by atoms with Crippen LogP contribution in [0.5, 0.6) is 0 Å². The lowest BCUT2D eigenvalue weighted by molar-refractivity contribution is -0.168. The summed E-state index contributed by atoms with van der Waals surface area (Å²) in [5, 5.41) is 0. The minimum atomic E-state index is -0.398. The van der Waals surface area contributed by atoms with E-state index in [1.54, 1.807) is 0 Å². The molecule has 0 radical (unpaired) electrons. The number of nitrogens with zero attached hydrogens (tertiary/aromatic N) is 1. The summed E-state index contributed by atoms with van der Waals surface area (Å²) < 4.78 is 4.51. The number of cyclic esters (lactones) is 2. The molecule has 84 valence electrons. The van der Waals surface area contributed by atoms with Gasteiger partial charge in [-0.2, -0.15) is 0 Å². The maximum Gasteiger partial charge on any atom is 0.327 e. The van der Waals surface area contributed by atoms with Crippen LogP contribution in [0.4, 0.5) is 0 Å². The van der Waals surface area contributed by atoms with E-state index in [0.717, 1.165) is 18.8 Å². The van der Waals surface area contributed by atoms with Gasteiger partial charge >= 0.3 is 11.9 Å². The smallest absolute Gasteiger partial charge is 0.327 e.